The van der Waals surface area contributed by atoms with E-state index in [1.54, 1.807) is 0 Å². The molecule has 1 aliphatic rings. The van der Waals surface area contributed by atoms with Gasteiger partial charge in [-0.1, -0.05) is 44.0 Å². The molecule has 0 amide bonds. The Kier molecular flexibility index (Phi) is 6.12. The molecule has 134 valence electrons. The van der Waals surface area contributed by atoms with Crippen molar-refractivity contribution in [2.45, 2.75) is 58.3 Å². The van der Waals surface area contributed by atoms with E-state index in [1.807, 2.05) is 19.1 Å². The number of halogens is 1. The van der Waals surface area contributed by atoms with E-state index >= 15 is 0 Å². The highest BCUT2D eigenvalue weighted by atomic mass is 19.1. The summed E-state index contributed by atoms with van der Waals surface area (Å²) in [5.41, 5.74) is 2.98. The molecule has 0 heterocycles. The Labute approximate surface area is 151 Å². The molecule has 1 saturated carbocycles. The Morgan fingerprint density at radius 3 is 2.28 bits per heavy atom. The number of ether oxygens (including phenoxy) is 1. The molecule has 0 saturated heterocycles. The fourth-order valence-corrected chi connectivity index (χ4v) is 4.11. The summed E-state index contributed by atoms with van der Waals surface area (Å²) in [6.07, 6.45) is 7.98. The lowest BCUT2D eigenvalue weighted by atomic mass is 9.77. The van der Waals surface area contributed by atoms with Crippen molar-refractivity contribution in [3.8, 4) is 16.9 Å². The van der Waals surface area contributed by atoms with E-state index < -0.39 is 0 Å². The molecule has 2 aromatic carbocycles. The molecule has 0 unspecified atom stereocenters. The quantitative estimate of drug-likeness (QED) is 0.552. The second kappa shape index (κ2) is 8.51. The molecular weight excluding hydrogens is 311 g/mol. The van der Waals surface area contributed by atoms with Gasteiger partial charge in [0.2, 0.25) is 0 Å². The van der Waals surface area contributed by atoms with E-state index in [9.17, 15) is 4.39 Å². The largest absolute Gasteiger partial charge is 0.494 e. The van der Waals surface area contributed by atoms with Crippen LogP contribution in [0.25, 0.3) is 11.1 Å². The first-order valence-electron chi connectivity index (χ1n) is 9.74. The van der Waals surface area contributed by atoms with Gasteiger partial charge in [-0.15, -0.1) is 0 Å². The molecule has 0 N–H and O–H groups in total. The minimum Gasteiger partial charge on any atom is -0.494 e. The average molecular weight is 340 g/mol. The molecular formula is C23H29FO. The minimum atomic E-state index is -0.223. The SMILES string of the molecule is CCCC1CCC(c2ccc(-c3ccc(OCC)cc3F)cc2)CC1. The molecule has 0 spiro atoms. The van der Waals surface area contributed by atoms with Crippen LogP contribution < -0.4 is 4.74 Å². The topological polar surface area (TPSA) is 9.23 Å². The third-order valence-corrected chi connectivity index (χ3v) is 5.49. The summed E-state index contributed by atoms with van der Waals surface area (Å²) in [5.74, 6) is 1.97. The van der Waals surface area contributed by atoms with Crippen molar-refractivity contribution in [2.75, 3.05) is 6.61 Å². The number of rotatable bonds is 6. The van der Waals surface area contributed by atoms with Crippen molar-refractivity contribution in [1.82, 2.24) is 0 Å². The average Bonchev–Trinajstić information content (AvgIpc) is 2.63. The lowest BCUT2D eigenvalue weighted by molar-refractivity contribution is 0.308. The van der Waals surface area contributed by atoms with Gasteiger partial charge in [0.15, 0.2) is 0 Å². The smallest absolute Gasteiger partial charge is 0.134 e. The highest BCUT2D eigenvalue weighted by Crippen LogP contribution is 2.38. The molecule has 0 bridgehead atoms. The molecule has 0 radical (unpaired) electrons. The summed E-state index contributed by atoms with van der Waals surface area (Å²) >= 11 is 0. The Morgan fingerprint density at radius 1 is 0.960 bits per heavy atom. The van der Waals surface area contributed by atoms with Crippen LogP contribution in [0.3, 0.4) is 0 Å². The zero-order chi connectivity index (χ0) is 17.6. The summed E-state index contributed by atoms with van der Waals surface area (Å²) in [5, 5.41) is 0. The molecule has 1 fully saturated rings. The maximum Gasteiger partial charge on any atom is 0.134 e. The molecule has 0 aliphatic heterocycles. The minimum absolute atomic E-state index is 0.223. The molecule has 0 aromatic heterocycles. The highest BCUT2D eigenvalue weighted by molar-refractivity contribution is 5.65. The van der Waals surface area contributed by atoms with Crippen LogP contribution in [-0.4, -0.2) is 6.61 Å². The van der Waals surface area contributed by atoms with Gasteiger partial charge in [0.1, 0.15) is 11.6 Å². The highest BCUT2D eigenvalue weighted by Gasteiger charge is 2.21. The molecule has 1 aliphatic carbocycles. The zero-order valence-electron chi connectivity index (χ0n) is 15.4. The summed E-state index contributed by atoms with van der Waals surface area (Å²) < 4.78 is 19.7. The zero-order valence-corrected chi connectivity index (χ0v) is 15.4. The third kappa shape index (κ3) is 4.42. The molecule has 1 nitrogen and oxygen atoms in total. The normalized spacial score (nSPS) is 20.4. The fourth-order valence-electron chi connectivity index (χ4n) is 4.11. The van der Waals surface area contributed by atoms with Gasteiger partial charge < -0.3 is 4.74 Å². The van der Waals surface area contributed by atoms with Crippen LogP contribution in [0.5, 0.6) is 5.75 Å². The first-order valence-corrected chi connectivity index (χ1v) is 9.74. The van der Waals surface area contributed by atoms with E-state index in [-0.39, 0.29) is 5.82 Å². The summed E-state index contributed by atoms with van der Waals surface area (Å²) in [4.78, 5) is 0. The van der Waals surface area contributed by atoms with Crippen LogP contribution in [0.1, 0.15) is 63.9 Å². The van der Waals surface area contributed by atoms with Crippen molar-refractivity contribution in [3.05, 3.63) is 53.8 Å². The van der Waals surface area contributed by atoms with Gasteiger partial charge in [-0.2, -0.15) is 0 Å². The first kappa shape index (κ1) is 18.0. The molecule has 3 rings (SSSR count). The maximum absolute atomic E-state index is 14.3. The molecule has 25 heavy (non-hydrogen) atoms. The van der Waals surface area contributed by atoms with Gasteiger partial charge in [0, 0.05) is 11.6 Å². The van der Waals surface area contributed by atoms with Crippen LogP contribution in [0.2, 0.25) is 0 Å². The predicted octanol–water partition coefficient (Wildman–Crippen LogP) is 6.97. The fraction of sp³-hybridized carbons (Fsp3) is 0.478. The number of benzene rings is 2. The van der Waals surface area contributed by atoms with Crippen LogP contribution in [0.4, 0.5) is 4.39 Å². The van der Waals surface area contributed by atoms with Gasteiger partial charge in [-0.3, -0.25) is 0 Å². The van der Waals surface area contributed by atoms with Gasteiger partial charge in [0.05, 0.1) is 6.61 Å². The van der Waals surface area contributed by atoms with Crippen molar-refractivity contribution in [2.24, 2.45) is 5.92 Å². The van der Waals surface area contributed by atoms with Gasteiger partial charge in [0.25, 0.3) is 0 Å². The van der Waals surface area contributed by atoms with Gasteiger partial charge >= 0.3 is 0 Å². The Morgan fingerprint density at radius 2 is 1.68 bits per heavy atom. The lowest BCUT2D eigenvalue weighted by Gasteiger charge is -2.28. The summed E-state index contributed by atoms with van der Waals surface area (Å²) in [7, 11) is 0. The van der Waals surface area contributed by atoms with E-state index in [0.717, 1.165) is 11.5 Å². The Hall–Kier alpha value is -1.83. The second-order valence-electron chi connectivity index (χ2n) is 7.20. The van der Waals surface area contributed by atoms with E-state index in [2.05, 4.69) is 31.2 Å². The van der Waals surface area contributed by atoms with Crippen molar-refractivity contribution in [3.63, 3.8) is 0 Å². The van der Waals surface area contributed by atoms with Gasteiger partial charge in [-0.25, -0.2) is 4.39 Å². The molecule has 0 atom stereocenters. The van der Waals surface area contributed by atoms with Crippen LogP contribution in [0.15, 0.2) is 42.5 Å². The van der Waals surface area contributed by atoms with Crippen LogP contribution in [-0.2, 0) is 0 Å². The summed E-state index contributed by atoms with van der Waals surface area (Å²) in [6, 6.07) is 13.6. The standard InChI is InChI=1S/C23H29FO/c1-3-5-17-6-8-18(9-7-17)19-10-12-20(13-11-19)22-15-14-21(25-4-2)16-23(22)24/h10-18H,3-9H2,1-2H3. The van der Waals surface area contributed by atoms with Crippen molar-refractivity contribution >= 4 is 0 Å². The number of hydrogen-bond donors (Lipinski definition) is 0. The molecule has 2 aromatic rings. The van der Waals surface area contributed by atoms with Gasteiger partial charge in [-0.05, 0) is 67.7 Å². The first-order chi connectivity index (χ1) is 12.2. The third-order valence-electron chi connectivity index (χ3n) is 5.49. The monoisotopic (exact) mass is 340 g/mol. The second-order valence-corrected chi connectivity index (χ2v) is 7.20. The van der Waals surface area contributed by atoms with E-state index in [1.165, 1.54) is 50.2 Å². The van der Waals surface area contributed by atoms with Crippen molar-refractivity contribution < 1.29 is 9.13 Å². The van der Waals surface area contributed by atoms with Crippen LogP contribution in [0, 0.1) is 11.7 Å². The van der Waals surface area contributed by atoms with Crippen LogP contribution >= 0.6 is 0 Å². The summed E-state index contributed by atoms with van der Waals surface area (Å²) in [6.45, 7) is 4.74. The van der Waals surface area contributed by atoms with Crippen molar-refractivity contribution in [1.29, 1.82) is 0 Å². The Bertz CT molecular complexity index is 669. The lowest BCUT2D eigenvalue weighted by Crippen LogP contribution is -2.13. The predicted molar refractivity (Wildman–Crippen MR) is 103 cm³/mol. The number of hydrogen-bond acceptors (Lipinski definition) is 1. The maximum atomic E-state index is 14.3. The van der Waals surface area contributed by atoms with E-state index in [0.29, 0.717) is 23.8 Å². The molecule has 2 heteroatoms. The van der Waals surface area contributed by atoms with E-state index in [4.69, 9.17) is 4.74 Å². The Balaban J connectivity index is 1.68.